The molecule has 0 saturated heterocycles. The molecule has 1 unspecified atom stereocenters. The minimum absolute atomic E-state index is 0. The van der Waals surface area contributed by atoms with Gasteiger partial charge in [-0.15, -0.1) is 0 Å². The summed E-state index contributed by atoms with van der Waals surface area (Å²) >= 11 is -2.86. The molecule has 0 aromatic heterocycles. The van der Waals surface area contributed by atoms with Gasteiger partial charge >= 0.3 is 51.4 Å². The minimum Gasteiger partial charge on any atom is -1.00 e. The van der Waals surface area contributed by atoms with Crippen molar-refractivity contribution < 1.29 is 66.1 Å². The van der Waals surface area contributed by atoms with Crippen molar-refractivity contribution in [2.45, 2.75) is 19.8 Å². The normalized spacial score (nSPS) is 10.9. The van der Waals surface area contributed by atoms with E-state index in [0.29, 0.717) is 5.92 Å². The van der Waals surface area contributed by atoms with E-state index < -0.39 is 11.4 Å². The summed E-state index contributed by atoms with van der Waals surface area (Å²) in [7, 11) is 0. The van der Waals surface area contributed by atoms with Crippen LogP contribution in [0.1, 0.15) is 26.8 Å². The van der Waals surface area contributed by atoms with E-state index in [1.807, 2.05) is 6.07 Å². The van der Waals surface area contributed by atoms with E-state index in [1.165, 1.54) is 5.56 Å². The molecule has 0 aliphatic carbocycles. The molecule has 0 aliphatic rings. The maximum Gasteiger partial charge on any atom is 1.00 e. The second-order valence-corrected chi connectivity index (χ2v) is 3.22. The Balaban J connectivity index is -0.000000213. The third kappa shape index (κ3) is 11.0. The van der Waals surface area contributed by atoms with Gasteiger partial charge in [-0.3, -0.25) is 0 Å². The molecule has 0 saturated carbocycles. The van der Waals surface area contributed by atoms with Gasteiger partial charge < -0.3 is 10.5 Å². The van der Waals surface area contributed by atoms with Crippen LogP contribution in [0.2, 0.25) is 0 Å². The van der Waals surface area contributed by atoms with Crippen LogP contribution in [0.15, 0.2) is 30.3 Å². The summed E-state index contributed by atoms with van der Waals surface area (Å²) in [5, 5.41) is 0. The number of hydrogen-bond donors (Lipinski definition) is 1. The molecule has 0 amide bonds. The summed E-state index contributed by atoms with van der Waals surface area (Å²) in [6.07, 6.45) is 0. The molecular formula is C9H14KO3S-. The topological polar surface area (TPSA) is 60.4 Å². The number of hydrogen-bond acceptors (Lipinski definition) is 2. The molecule has 0 heterocycles. The molecule has 5 heteroatoms. The van der Waals surface area contributed by atoms with Crippen molar-refractivity contribution in [3.63, 3.8) is 0 Å². The van der Waals surface area contributed by atoms with E-state index >= 15 is 0 Å². The first-order valence-corrected chi connectivity index (χ1v) is 4.90. The molecular weight excluding hydrogens is 227 g/mol. The van der Waals surface area contributed by atoms with E-state index in [0.717, 1.165) is 0 Å². The molecule has 1 N–H and O–H groups in total. The Morgan fingerprint density at radius 1 is 1.36 bits per heavy atom. The summed E-state index contributed by atoms with van der Waals surface area (Å²) in [5.41, 5.74) is 1.41. The second kappa shape index (κ2) is 10.4. The van der Waals surface area contributed by atoms with Crippen LogP contribution in [0.3, 0.4) is 0 Å². The molecule has 0 bridgehead atoms. The molecule has 0 radical (unpaired) electrons. The minimum atomic E-state index is -2.86. The molecule has 0 fully saturated rings. The smallest absolute Gasteiger partial charge is 1.00 e. The van der Waals surface area contributed by atoms with Crippen molar-refractivity contribution in [1.82, 2.24) is 0 Å². The molecule has 3 nitrogen and oxygen atoms in total. The van der Waals surface area contributed by atoms with E-state index in [4.69, 9.17) is 13.3 Å². The Kier molecular flexibility index (Phi) is 12.9. The van der Waals surface area contributed by atoms with E-state index in [9.17, 15) is 0 Å². The van der Waals surface area contributed by atoms with Crippen LogP contribution in [-0.4, -0.2) is 13.3 Å². The zero-order chi connectivity index (χ0) is 10.3. The third-order valence-electron chi connectivity index (χ3n) is 1.47. The van der Waals surface area contributed by atoms with Crippen molar-refractivity contribution in [2.24, 2.45) is 0 Å². The van der Waals surface area contributed by atoms with Crippen LogP contribution in [0.25, 0.3) is 0 Å². The molecule has 14 heavy (non-hydrogen) atoms. The SMILES string of the molecule is CC(C)c1ccccc1.O=S([O-])O.[H-].[K+]. The van der Waals surface area contributed by atoms with Crippen LogP contribution in [-0.2, 0) is 11.4 Å². The third-order valence-corrected chi connectivity index (χ3v) is 1.47. The summed E-state index contributed by atoms with van der Waals surface area (Å²) in [4.78, 5) is 0. The van der Waals surface area contributed by atoms with Gasteiger partial charge in [-0.05, 0) is 11.5 Å². The predicted octanol–water partition coefficient (Wildman–Crippen LogP) is -0.735. The molecule has 1 aromatic carbocycles. The Labute approximate surface area is 131 Å². The van der Waals surface area contributed by atoms with Gasteiger partial charge in [0.05, 0.1) is 11.4 Å². The summed E-state index contributed by atoms with van der Waals surface area (Å²) in [6.45, 7) is 4.41. The van der Waals surface area contributed by atoms with Crippen molar-refractivity contribution in [3.05, 3.63) is 35.9 Å². The fourth-order valence-electron chi connectivity index (χ4n) is 0.838. The average molecular weight is 241 g/mol. The van der Waals surface area contributed by atoms with Gasteiger partial charge in [0.1, 0.15) is 0 Å². The zero-order valence-electron chi connectivity index (χ0n) is 9.64. The van der Waals surface area contributed by atoms with Crippen molar-refractivity contribution in [2.75, 3.05) is 0 Å². The van der Waals surface area contributed by atoms with Gasteiger partial charge in [0, 0.05) is 0 Å². The molecule has 76 valence electrons. The van der Waals surface area contributed by atoms with Gasteiger partial charge in [0.25, 0.3) is 0 Å². The van der Waals surface area contributed by atoms with Gasteiger partial charge in [-0.1, -0.05) is 44.2 Å². The van der Waals surface area contributed by atoms with Gasteiger partial charge in [0.15, 0.2) is 0 Å². The van der Waals surface area contributed by atoms with Crippen molar-refractivity contribution in [3.8, 4) is 0 Å². The van der Waals surface area contributed by atoms with Crippen LogP contribution < -0.4 is 51.4 Å². The Bertz CT molecular complexity index is 253. The first kappa shape index (κ1) is 17.3. The van der Waals surface area contributed by atoms with Crippen LogP contribution in [0.5, 0.6) is 0 Å². The maximum absolute atomic E-state index is 8.56. The van der Waals surface area contributed by atoms with Crippen molar-refractivity contribution >= 4 is 11.4 Å². The summed E-state index contributed by atoms with van der Waals surface area (Å²) in [5.74, 6) is 0.659. The van der Waals surface area contributed by atoms with Crippen LogP contribution in [0, 0.1) is 0 Å². The molecule has 1 aromatic rings. The Hall–Kier alpha value is 0.926. The Morgan fingerprint density at radius 3 is 1.93 bits per heavy atom. The molecule has 1 rings (SSSR count). The van der Waals surface area contributed by atoms with E-state index in [2.05, 4.69) is 38.1 Å². The largest absolute Gasteiger partial charge is 1.00 e. The first-order valence-electron chi connectivity index (χ1n) is 3.87. The van der Waals surface area contributed by atoms with Crippen molar-refractivity contribution in [1.29, 1.82) is 0 Å². The van der Waals surface area contributed by atoms with Crippen LogP contribution >= 0.6 is 0 Å². The zero-order valence-corrected chi connectivity index (χ0v) is 12.6. The van der Waals surface area contributed by atoms with Gasteiger partial charge in [-0.25, -0.2) is 4.21 Å². The standard InChI is InChI=1S/C9H12.K.H2O3S.H/c1-8(2)9-6-4-3-5-7-9;;1-4(2)3;/h3-8H,1-2H3;;(H2,1,2,3);/q;+1;;-1/p-1. The molecule has 0 spiro atoms. The summed E-state index contributed by atoms with van der Waals surface area (Å²) < 4.78 is 24.1. The Morgan fingerprint density at radius 2 is 1.71 bits per heavy atom. The first-order chi connectivity index (χ1) is 6.04. The summed E-state index contributed by atoms with van der Waals surface area (Å²) in [6, 6.07) is 10.5. The quantitative estimate of drug-likeness (QED) is 0.521. The van der Waals surface area contributed by atoms with E-state index in [1.54, 1.807) is 0 Å². The fraction of sp³-hybridized carbons (Fsp3) is 0.333. The van der Waals surface area contributed by atoms with E-state index in [-0.39, 0.29) is 52.8 Å². The number of benzene rings is 1. The fourth-order valence-corrected chi connectivity index (χ4v) is 0.838. The van der Waals surface area contributed by atoms with Gasteiger partial charge in [-0.2, -0.15) is 0 Å². The van der Waals surface area contributed by atoms with Crippen LogP contribution in [0.4, 0.5) is 0 Å². The monoisotopic (exact) mass is 241 g/mol. The predicted molar refractivity (Wildman–Crippen MR) is 53.2 cm³/mol. The number of rotatable bonds is 1. The average Bonchev–Trinajstić information content (AvgIpc) is 2.05. The molecule has 1 atom stereocenters. The molecule has 0 aliphatic heterocycles. The maximum atomic E-state index is 8.56. The second-order valence-electron chi connectivity index (χ2n) is 2.78. The van der Waals surface area contributed by atoms with Gasteiger partial charge in [0.2, 0.25) is 0 Å².